The van der Waals surface area contributed by atoms with Gasteiger partial charge in [-0.1, -0.05) is 31.4 Å². The maximum Gasteiger partial charge on any atom is 0.253 e. The van der Waals surface area contributed by atoms with Crippen LogP contribution in [0.1, 0.15) is 60.2 Å². The van der Waals surface area contributed by atoms with Crippen molar-refractivity contribution in [2.45, 2.75) is 55.9 Å². The topological polar surface area (TPSA) is 86.8 Å². The lowest BCUT2D eigenvalue weighted by molar-refractivity contribution is -0.119. The zero-order chi connectivity index (χ0) is 26.3. The van der Waals surface area contributed by atoms with E-state index in [2.05, 4.69) is 5.32 Å². The number of thiophene rings is 1. The number of nitrogens with one attached hydrogen (secondary N) is 1. The van der Waals surface area contributed by atoms with Crippen molar-refractivity contribution >= 4 is 50.3 Å². The number of amides is 2. The predicted octanol–water partition coefficient (Wildman–Crippen LogP) is 4.43. The first-order valence-corrected chi connectivity index (χ1v) is 14.9. The van der Waals surface area contributed by atoms with Crippen LogP contribution < -0.4 is 10.2 Å². The van der Waals surface area contributed by atoms with Crippen molar-refractivity contribution in [1.29, 1.82) is 0 Å². The number of anilines is 1. The highest BCUT2D eigenvalue weighted by Crippen LogP contribution is 2.39. The molecular weight excluding hydrogens is 525 g/mol. The van der Waals surface area contributed by atoms with Crippen molar-refractivity contribution in [3.8, 4) is 0 Å². The van der Waals surface area contributed by atoms with Crippen LogP contribution in [0.25, 0.3) is 0 Å². The molecule has 4 rings (SSSR count). The summed E-state index contributed by atoms with van der Waals surface area (Å²) in [6.45, 7) is 2.13. The maximum absolute atomic E-state index is 14.9. The van der Waals surface area contributed by atoms with Crippen LogP contribution in [-0.4, -0.2) is 62.4 Å². The third kappa shape index (κ3) is 5.18. The van der Waals surface area contributed by atoms with Crippen LogP contribution in [0.4, 0.5) is 10.1 Å². The van der Waals surface area contributed by atoms with Crippen LogP contribution in [0.5, 0.6) is 0 Å². The molecule has 2 atom stereocenters. The molecule has 2 heterocycles. The summed E-state index contributed by atoms with van der Waals surface area (Å²) in [7, 11) is -0.457. The number of sulfone groups is 1. The molecule has 2 amide bonds. The first-order valence-electron chi connectivity index (χ1n) is 12.0. The molecule has 1 aromatic heterocycles. The van der Waals surface area contributed by atoms with E-state index < -0.39 is 26.6 Å². The Kier molecular flexibility index (Phi) is 7.81. The molecule has 0 radical (unpaired) electrons. The predicted molar refractivity (Wildman–Crippen MR) is 141 cm³/mol. The molecule has 0 bridgehead atoms. The molecule has 1 aliphatic carbocycles. The van der Waals surface area contributed by atoms with Crippen molar-refractivity contribution in [2.75, 3.05) is 31.3 Å². The Bertz CT molecular complexity index is 1260. The second-order valence-electron chi connectivity index (χ2n) is 9.87. The normalized spacial score (nSPS) is 20.6. The van der Waals surface area contributed by atoms with Crippen molar-refractivity contribution in [1.82, 2.24) is 10.2 Å². The SMILES string of the molecule is C[C@@H](CS(=O)(=O)C1(N[C@H]2CCN(c3ccc(C(=O)N(C)C)cc3F)C2=O)CCCC1)c1ccc(Cl)s1. The fraction of sp³-hybridized carbons (Fsp3) is 0.520. The lowest BCUT2D eigenvalue weighted by Gasteiger charge is -2.33. The fourth-order valence-electron chi connectivity index (χ4n) is 5.14. The van der Waals surface area contributed by atoms with Crippen LogP contribution in [0.3, 0.4) is 0 Å². The highest BCUT2D eigenvalue weighted by molar-refractivity contribution is 7.92. The Labute approximate surface area is 220 Å². The number of halogens is 2. The molecule has 2 aliphatic rings. The van der Waals surface area contributed by atoms with Gasteiger partial charge >= 0.3 is 0 Å². The lowest BCUT2D eigenvalue weighted by atomic mass is 10.1. The Hall–Kier alpha value is -2.01. The first-order chi connectivity index (χ1) is 16.9. The van der Waals surface area contributed by atoms with E-state index in [0.717, 1.165) is 23.8 Å². The zero-order valence-corrected chi connectivity index (χ0v) is 23.0. The van der Waals surface area contributed by atoms with Gasteiger partial charge in [0.1, 0.15) is 10.7 Å². The van der Waals surface area contributed by atoms with Crippen LogP contribution in [0.2, 0.25) is 4.34 Å². The number of benzene rings is 1. The molecule has 1 saturated carbocycles. The highest BCUT2D eigenvalue weighted by Gasteiger charge is 2.50. The van der Waals surface area contributed by atoms with Gasteiger partial charge in [0.15, 0.2) is 9.84 Å². The maximum atomic E-state index is 14.9. The van der Waals surface area contributed by atoms with Crippen molar-refractivity contribution < 1.29 is 22.4 Å². The number of carbonyl (C=O) groups excluding carboxylic acids is 2. The minimum atomic E-state index is -3.62. The Morgan fingerprint density at radius 1 is 1.28 bits per heavy atom. The Morgan fingerprint density at radius 3 is 2.56 bits per heavy atom. The van der Waals surface area contributed by atoms with Crippen molar-refractivity contribution in [3.63, 3.8) is 0 Å². The second-order valence-corrected chi connectivity index (χ2v) is 14.0. The van der Waals surface area contributed by atoms with E-state index in [1.165, 1.54) is 33.3 Å². The average molecular weight is 556 g/mol. The smallest absolute Gasteiger partial charge is 0.253 e. The molecule has 0 spiro atoms. The Morgan fingerprint density at radius 2 is 1.97 bits per heavy atom. The molecule has 36 heavy (non-hydrogen) atoms. The monoisotopic (exact) mass is 555 g/mol. The molecule has 1 N–H and O–H groups in total. The van der Waals surface area contributed by atoms with Gasteiger partial charge in [0, 0.05) is 37.0 Å². The van der Waals surface area contributed by atoms with E-state index >= 15 is 0 Å². The zero-order valence-electron chi connectivity index (χ0n) is 20.6. The largest absolute Gasteiger partial charge is 0.345 e. The van der Waals surface area contributed by atoms with Gasteiger partial charge in [0.05, 0.1) is 21.8 Å². The van der Waals surface area contributed by atoms with E-state index in [4.69, 9.17) is 11.6 Å². The summed E-state index contributed by atoms with van der Waals surface area (Å²) in [4.78, 5) is 27.9. The third-order valence-corrected chi connectivity index (χ3v) is 11.2. The second kappa shape index (κ2) is 10.4. The summed E-state index contributed by atoms with van der Waals surface area (Å²) in [5.74, 6) is -1.62. The van der Waals surface area contributed by atoms with E-state index in [-0.39, 0.29) is 41.3 Å². The fourth-order valence-corrected chi connectivity index (χ4v) is 8.75. The number of rotatable bonds is 8. The summed E-state index contributed by atoms with van der Waals surface area (Å²) in [6, 6.07) is 6.95. The first kappa shape index (κ1) is 27.0. The van der Waals surface area contributed by atoms with Gasteiger partial charge in [0.25, 0.3) is 5.91 Å². The lowest BCUT2D eigenvalue weighted by Crippen LogP contribution is -2.57. The molecule has 2 fully saturated rings. The number of hydrogen-bond acceptors (Lipinski definition) is 6. The molecule has 1 aromatic carbocycles. The van der Waals surface area contributed by atoms with E-state index in [1.807, 2.05) is 13.0 Å². The van der Waals surface area contributed by atoms with Gasteiger partial charge in [-0.3, -0.25) is 14.9 Å². The van der Waals surface area contributed by atoms with Crippen molar-refractivity contribution in [2.24, 2.45) is 0 Å². The van der Waals surface area contributed by atoms with Gasteiger partial charge in [-0.2, -0.15) is 0 Å². The van der Waals surface area contributed by atoms with Crippen LogP contribution in [0.15, 0.2) is 30.3 Å². The molecule has 1 aliphatic heterocycles. The quantitative estimate of drug-likeness (QED) is 0.521. The number of carbonyl (C=O) groups is 2. The van der Waals surface area contributed by atoms with Gasteiger partial charge in [0.2, 0.25) is 5.91 Å². The summed E-state index contributed by atoms with van der Waals surface area (Å²) >= 11 is 7.42. The molecule has 2 aromatic rings. The van der Waals surface area contributed by atoms with Crippen LogP contribution in [0, 0.1) is 5.82 Å². The van der Waals surface area contributed by atoms with E-state index in [0.29, 0.717) is 23.6 Å². The third-order valence-electron chi connectivity index (χ3n) is 7.09. The van der Waals surface area contributed by atoms with Gasteiger partial charge < -0.3 is 9.80 Å². The summed E-state index contributed by atoms with van der Waals surface area (Å²) in [5, 5.41) is 3.22. The van der Waals surface area contributed by atoms with Crippen molar-refractivity contribution in [3.05, 3.63) is 50.9 Å². The van der Waals surface area contributed by atoms with Gasteiger partial charge in [-0.25, -0.2) is 12.8 Å². The summed E-state index contributed by atoms with van der Waals surface area (Å²) in [5.41, 5.74) is 0.283. The highest BCUT2D eigenvalue weighted by atomic mass is 35.5. The molecule has 196 valence electrons. The van der Waals surface area contributed by atoms with E-state index in [9.17, 15) is 22.4 Å². The van der Waals surface area contributed by atoms with Gasteiger partial charge in [-0.15, -0.1) is 11.3 Å². The molecular formula is C25H31ClFN3O4S2. The minimum Gasteiger partial charge on any atom is -0.345 e. The summed E-state index contributed by atoms with van der Waals surface area (Å²) < 4.78 is 42.9. The average Bonchev–Trinajstić information content (AvgIpc) is 3.55. The number of hydrogen-bond donors (Lipinski definition) is 1. The molecule has 11 heteroatoms. The molecule has 1 saturated heterocycles. The van der Waals surface area contributed by atoms with Crippen LogP contribution >= 0.6 is 22.9 Å². The minimum absolute atomic E-state index is 0.0442. The summed E-state index contributed by atoms with van der Waals surface area (Å²) in [6.07, 6.45) is 2.75. The standard InChI is InChI=1S/C25H31ClFN3O4S2/c1-16(21-8-9-22(26)35-21)15-36(33,34)25(11-4-5-12-25)28-19-10-13-30(24(19)32)20-7-6-17(14-18(20)27)23(31)29(2)3/h6-9,14,16,19,28H,4-5,10-13,15H2,1-3H3/t16-,19-/m0/s1. The molecule has 0 unspecified atom stereocenters. The van der Waals surface area contributed by atoms with E-state index in [1.54, 1.807) is 20.2 Å². The Balaban J connectivity index is 1.52. The van der Waals surface area contributed by atoms with Crippen LogP contribution in [-0.2, 0) is 14.6 Å². The van der Waals surface area contributed by atoms with Gasteiger partial charge in [-0.05, 0) is 49.6 Å². The number of nitrogens with zero attached hydrogens (tertiary/aromatic N) is 2. The molecule has 7 nitrogen and oxygen atoms in total.